The van der Waals surface area contributed by atoms with E-state index in [0.29, 0.717) is 25.0 Å². The standard InChI is InChI=1S/C15H17N2O4PS2/c1-3-19-22(23,20-4-2)21-14-13(10-16)24-15(17-14)18-11-12-8-6-5-7-9-12/h5-9H,3-4,11H2,1-2H3. The summed E-state index contributed by atoms with van der Waals surface area (Å²) in [5, 5.41) is 9.59. The van der Waals surface area contributed by atoms with Crippen LogP contribution in [0.5, 0.6) is 11.1 Å². The average molecular weight is 384 g/mol. The predicted octanol–water partition coefficient (Wildman–Crippen LogP) is 4.27. The lowest BCUT2D eigenvalue weighted by Crippen LogP contribution is -2.03. The van der Waals surface area contributed by atoms with Crippen molar-refractivity contribution in [1.82, 2.24) is 4.98 Å². The number of hydrogen-bond acceptors (Lipinski definition) is 8. The Bertz CT molecular complexity index is 736. The monoisotopic (exact) mass is 384 g/mol. The minimum absolute atomic E-state index is 0.0933. The molecule has 1 heterocycles. The Kier molecular flexibility index (Phi) is 7.16. The van der Waals surface area contributed by atoms with Gasteiger partial charge in [-0.1, -0.05) is 41.7 Å². The maximum atomic E-state index is 9.26. The Labute approximate surface area is 150 Å². The first-order chi connectivity index (χ1) is 11.6. The maximum absolute atomic E-state index is 9.26. The quantitative estimate of drug-likeness (QED) is 0.598. The number of nitrogens with zero attached hydrogens (tertiary/aromatic N) is 2. The molecule has 6 nitrogen and oxygen atoms in total. The Morgan fingerprint density at radius 1 is 1.21 bits per heavy atom. The van der Waals surface area contributed by atoms with Crippen molar-refractivity contribution in [1.29, 1.82) is 5.26 Å². The van der Waals surface area contributed by atoms with Crippen LogP contribution >= 0.6 is 18.1 Å². The van der Waals surface area contributed by atoms with Crippen LogP contribution in [0.4, 0.5) is 0 Å². The molecule has 0 amide bonds. The molecular weight excluding hydrogens is 367 g/mol. The first kappa shape index (κ1) is 18.8. The molecule has 0 bridgehead atoms. The van der Waals surface area contributed by atoms with Crippen LogP contribution in [0.15, 0.2) is 30.3 Å². The third kappa shape index (κ3) is 5.26. The highest BCUT2D eigenvalue weighted by molar-refractivity contribution is 8.07. The molecule has 1 aromatic heterocycles. The van der Waals surface area contributed by atoms with E-state index >= 15 is 0 Å². The van der Waals surface area contributed by atoms with E-state index < -0.39 is 6.72 Å². The SMILES string of the molecule is CCOP(=S)(OCC)Oc1nc(OCc2ccccc2)sc1C#N. The van der Waals surface area contributed by atoms with Crippen LogP contribution in [0.1, 0.15) is 24.3 Å². The van der Waals surface area contributed by atoms with Gasteiger partial charge in [-0.15, -0.1) is 0 Å². The molecule has 0 saturated heterocycles. The van der Waals surface area contributed by atoms with E-state index in [1.165, 1.54) is 0 Å². The summed E-state index contributed by atoms with van der Waals surface area (Å²) in [5.74, 6) is 0.0933. The fraction of sp³-hybridized carbons (Fsp3) is 0.333. The lowest BCUT2D eigenvalue weighted by Gasteiger charge is -2.19. The highest BCUT2D eigenvalue weighted by Crippen LogP contribution is 2.51. The summed E-state index contributed by atoms with van der Waals surface area (Å²) >= 11 is 6.40. The molecule has 0 atom stereocenters. The Balaban J connectivity index is 2.12. The summed E-state index contributed by atoms with van der Waals surface area (Å²) in [6.45, 7) is 1.66. The first-order valence-electron chi connectivity index (χ1n) is 7.26. The molecule has 2 rings (SSSR count). The number of rotatable bonds is 9. The molecule has 0 N–H and O–H groups in total. The highest BCUT2D eigenvalue weighted by Gasteiger charge is 2.26. The molecule has 2 aromatic rings. The number of nitriles is 1. The van der Waals surface area contributed by atoms with E-state index in [9.17, 15) is 5.26 Å². The molecule has 0 unspecified atom stereocenters. The van der Waals surface area contributed by atoms with Gasteiger partial charge in [-0.2, -0.15) is 10.2 Å². The number of ether oxygens (including phenoxy) is 1. The van der Waals surface area contributed by atoms with Crippen molar-refractivity contribution in [3.05, 3.63) is 40.8 Å². The summed E-state index contributed by atoms with van der Waals surface area (Å²) in [5.41, 5.74) is 1.00. The van der Waals surface area contributed by atoms with Gasteiger partial charge in [-0.05, 0) is 19.4 Å². The van der Waals surface area contributed by atoms with E-state index in [1.54, 1.807) is 13.8 Å². The van der Waals surface area contributed by atoms with Crippen LogP contribution in [0.25, 0.3) is 0 Å². The van der Waals surface area contributed by atoms with E-state index in [-0.39, 0.29) is 10.8 Å². The van der Waals surface area contributed by atoms with E-state index in [4.69, 9.17) is 30.1 Å². The van der Waals surface area contributed by atoms with Gasteiger partial charge in [0.1, 0.15) is 12.7 Å². The van der Waals surface area contributed by atoms with Crippen molar-refractivity contribution in [2.75, 3.05) is 13.2 Å². The predicted molar refractivity (Wildman–Crippen MR) is 95.8 cm³/mol. The van der Waals surface area contributed by atoms with Gasteiger partial charge >= 0.3 is 6.72 Å². The van der Waals surface area contributed by atoms with Gasteiger partial charge in [0.25, 0.3) is 11.1 Å². The minimum Gasteiger partial charge on any atom is -0.465 e. The molecule has 0 spiro atoms. The number of hydrogen-bond donors (Lipinski definition) is 0. The summed E-state index contributed by atoms with van der Waals surface area (Å²) in [6.07, 6.45) is 0. The molecule has 0 aliphatic heterocycles. The third-order valence-electron chi connectivity index (χ3n) is 2.66. The third-order valence-corrected chi connectivity index (χ3v) is 5.91. The minimum atomic E-state index is -2.97. The van der Waals surface area contributed by atoms with Crippen molar-refractivity contribution in [3.8, 4) is 17.1 Å². The maximum Gasteiger partial charge on any atom is 0.381 e. The van der Waals surface area contributed by atoms with Gasteiger partial charge in [0.15, 0.2) is 4.88 Å². The molecular formula is C15H17N2O4PS2. The lowest BCUT2D eigenvalue weighted by atomic mass is 10.2. The molecule has 128 valence electrons. The van der Waals surface area contributed by atoms with Gasteiger partial charge in [0.2, 0.25) is 0 Å². The van der Waals surface area contributed by atoms with Crippen LogP contribution in [0.2, 0.25) is 0 Å². The van der Waals surface area contributed by atoms with Crippen LogP contribution in [0, 0.1) is 11.3 Å². The van der Waals surface area contributed by atoms with Gasteiger partial charge in [-0.3, -0.25) is 9.05 Å². The van der Waals surface area contributed by atoms with E-state index in [2.05, 4.69) is 4.98 Å². The Morgan fingerprint density at radius 2 is 1.88 bits per heavy atom. The first-order valence-corrected chi connectivity index (χ1v) is 10.6. The Hall–Kier alpha value is -1.49. The average Bonchev–Trinajstić information content (AvgIpc) is 2.96. The van der Waals surface area contributed by atoms with Crippen molar-refractivity contribution in [2.24, 2.45) is 0 Å². The van der Waals surface area contributed by atoms with Crippen LogP contribution in [-0.4, -0.2) is 18.2 Å². The van der Waals surface area contributed by atoms with Crippen molar-refractivity contribution >= 4 is 29.9 Å². The molecule has 9 heteroatoms. The number of aromatic nitrogens is 1. The van der Waals surface area contributed by atoms with Gasteiger partial charge in [0, 0.05) is 11.8 Å². The van der Waals surface area contributed by atoms with E-state index in [1.807, 2.05) is 36.4 Å². The fourth-order valence-electron chi connectivity index (χ4n) is 1.71. The molecule has 1 aromatic carbocycles. The van der Waals surface area contributed by atoms with Crippen LogP contribution in [0.3, 0.4) is 0 Å². The van der Waals surface area contributed by atoms with Gasteiger partial charge in [0.05, 0.1) is 13.2 Å². The zero-order chi connectivity index (χ0) is 17.4. The number of thiazole rings is 1. The summed E-state index contributed by atoms with van der Waals surface area (Å²) < 4.78 is 22.1. The van der Waals surface area contributed by atoms with Crippen molar-refractivity contribution < 1.29 is 18.3 Å². The zero-order valence-corrected chi connectivity index (χ0v) is 15.8. The largest absolute Gasteiger partial charge is 0.465 e. The van der Waals surface area contributed by atoms with Gasteiger partial charge < -0.3 is 9.26 Å². The van der Waals surface area contributed by atoms with Gasteiger partial charge in [-0.25, -0.2) is 0 Å². The topological polar surface area (TPSA) is 73.6 Å². The number of benzene rings is 1. The summed E-state index contributed by atoms with van der Waals surface area (Å²) in [7, 11) is 0. The van der Waals surface area contributed by atoms with Crippen LogP contribution in [-0.2, 0) is 27.5 Å². The lowest BCUT2D eigenvalue weighted by molar-refractivity contribution is 0.215. The molecule has 0 radical (unpaired) electrons. The summed E-state index contributed by atoms with van der Waals surface area (Å²) in [4.78, 5) is 4.47. The van der Waals surface area contributed by atoms with Crippen molar-refractivity contribution in [3.63, 3.8) is 0 Å². The second-order valence-electron chi connectivity index (χ2n) is 4.37. The Morgan fingerprint density at radius 3 is 2.46 bits per heavy atom. The fourth-order valence-corrected chi connectivity index (χ4v) is 4.42. The van der Waals surface area contributed by atoms with Crippen molar-refractivity contribution in [2.45, 2.75) is 20.5 Å². The normalized spacial score (nSPS) is 11.0. The molecule has 24 heavy (non-hydrogen) atoms. The second-order valence-corrected chi connectivity index (χ2v) is 8.27. The molecule has 0 aliphatic rings. The molecule has 0 saturated carbocycles. The zero-order valence-electron chi connectivity index (χ0n) is 13.3. The highest BCUT2D eigenvalue weighted by atomic mass is 32.5. The summed E-state index contributed by atoms with van der Waals surface area (Å²) in [6, 6.07) is 11.7. The molecule has 0 fully saturated rings. The van der Waals surface area contributed by atoms with E-state index in [0.717, 1.165) is 16.9 Å². The molecule has 0 aliphatic carbocycles. The van der Waals surface area contributed by atoms with Crippen LogP contribution < -0.4 is 9.26 Å². The smallest absolute Gasteiger partial charge is 0.381 e. The second kappa shape index (κ2) is 9.11.